The monoisotopic (exact) mass is 309 g/mol. The van der Waals surface area contributed by atoms with Gasteiger partial charge in [-0.3, -0.25) is 0 Å². The van der Waals surface area contributed by atoms with Gasteiger partial charge in [-0.25, -0.2) is 4.68 Å². The molecule has 5 heteroatoms. The van der Waals surface area contributed by atoms with Crippen molar-refractivity contribution in [2.45, 2.75) is 32.9 Å². The van der Waals surface area contributed by atoms with Crippen LogP contribution in [0.4, 0.5) is 0 Å². The molecule has 4 nitrogen and oxygen atoms in total. The van der Waals surface area contributed by atoms with Crippen LogP contribution in [-0.4, -0.2) is 20.1 Å². The molecule has 2 rings (SSSR count). The molecular formula is C13H16BrN3O. The van der Waals surface area contributed by atoms with E-state index in [2.05, 4.69) is 33.2 Å². The molecule has 0 radical (unpaired) electrons. The fourth-order valence-electron chi connectivity index (χ4n) is 1.87. The lowest BCUT2D eigenvalue weighted by Gasteiger charge is -2.13. The van der Waals surface area contributed by atoms with Crippen LogP contribution in [0.3, 0.4) is 0 Å². The molecule has 0 bridgehead atoms. The topological polar surface area (TPSA) is 50.9 Å². The summed E-state index contributed by atoms with van der Waals surface area (Å²) >= 11 is 3.46. The third-order valence-electron chi connectivity index (χ3n) is 2.86. The van der Waals surface area contributed by atoms with Gasteiger partial charge >= 0.3 is 0 Å². The Balaban J connectivity index is 2.32. The average Bonchev–Trinajstić information content (AvgIpc) is 2.80. The van der Waals surface area contributed by atoms with Gasteiger partial charge in [-0.15, -0.1) is 5.10 Å². The molecule has 96 valence electrons. The fraction of sp³-hybridized carbons (Fsp3) is 0.385. The Morgan fingerprint density at radius 1 is 1.44 bits per heavy atom. The molecule has 1 atom stereocenters. The molecule has 0 aliphatic carbocycles. The minimum atomic E-state index is -0.682. The number of benzene rings is 1. The summed E-state index contributed by atoms with van der Waals surface area (Å²) in [6.45, 7) is 4.84. The van der Waals surface area contributed by atoms with Crippen molar-refractivity contribution in [2.24, 2.45) is 0 Å². The van der Waals surface area contributed by atoms with Gasteiger partial charge in [0.15, 0.2) is 0 Å². The van der Waals surface area contributed by atoms with Crippen LogP contribution in [-0.2, 0) is 6.54 Å². The average molecular weight is 310 g/mol. The Morgan fingerprint density at radius 3 is 2.89 bits per heavy atom. The molecule has 0 fully saturated rings. The molecule has 1 aromatic heterocycles. The highest BCUT2D eigenvalue weighted by atomic mass is 79.9. The molecule has 0 saturated heterocycles. The van der Waals surface area contributed by atoms with Crippen molar-refractivity contribution in [3.8, 4) is 0 Å². The second-order valence-corrected chi connectivity index (χ2v) is 5.15. The first kappa shape index (κ1) is 13.2. The van der Waals surface area contributed by atoms with Crippen LogP contribution in [0.5, 0.6) is 0 Å². The van der Waals surface area contributed by atoms with E-state index in [0.717, 1.165) is 34.3 Å². The molecule has 1 heterocycles. The number of aliphatic hydroxyl groups excluding tert-OH is 1. The lowest BCUT2D eigenvalue weighted by molar-refractivity contribution is 0.207. The molecule has 1 N–H and O–H groups in total. The molecule has 2 aromatic rings. The Hall–Kier alpha value is -1.20. The van der Waals surface area contributed by atoms with Gasteiger partial charge in [0.1, 0.15) is 6.10 Å². The highest BCUT2D eigenvalue weighted by Crippen LogP contribution is 2.25. The number of aryl methyl sites for hydroxylation is 2. The summed E-state index contributed by atoms with van der Waals surface area (Å²) in [7, 11) is 0. The number of rotatable bonds is 4. The van der Waals surface area contributed by atoms with Gasteiger partial charge in [-0.2, -0.15) is 0 Å². The van der Waals surface area contributed by atoms with Crippen molar-refractivity contribution < 1.29 is 5.11 Å². The molecule has 1 aromatic carbocycles. The molecule has 0 aliphatic heterocycles. The molecule has 0 aliphatic rings. The minimum absolute atomic E-state index is 0.682. The van der Waals surface area contributed by atoms with E-state index in [-0.39, 0.29) is 0 Å². The Kier molecular flexibility index (Phi) is 4.14. The first-order valence-corrected chi connectivity index (χ1v) is 6.75. The van der Waals surface area contributed by atoms with E-state index in [1.165, 1.54) is 0 Å². The molecule has 1 unspecified atom stereocenters. The predicted molar refractivity (Wildman–Crippen MR) is 73.3 cm³/mol. The van der Waals surface area contributed by atoms with Gasteiger partial charge in [0.25, 0.3) is 0 Å². The smallest absolute Gasteiger partial charge is 0.122 e. The van der Waals surface area contributed by atoms with E-state index in [1.54, 1.807) is 10.9 Å². The molecule has 0 amide bonds. The SMILES string of the molecule is CCCn1nncc1C(O)c1ccc(Br)c(C)c1. The van der Waals surface area contributed by atoms with E-state index >= 15 is 0 Å². The zero-order valence-corrected chi connectivity index (χ0v) is 12.1. The van der Waals surface area contributed by atoms with Gasteiger partial charge in [0, 0.05) is 11.0 Å². The van der Waals surface area contributed by atoms with Gasteiger partial charge in [0.2, 0.25) is 0 Å². The lowest BCUT2D eigenvalue weighted by Crippen LogP contribution is -2.10. The third kappa shape index (κ3) is 2.62. The quantitative estimate of drug-likeness (QED) is 0.945. The lowest BCUT2D eigenvalue weighted by atomic mass is 10.0. The fourth-order valence-corrected chi connectivity index (χ4v) is 2.12. The first-order valence-electron chi connectivity index (χ1n) is 5.96. The minimum Gasteiger partial charge on any atom is -0.382 e. The maximum absolute atomic E-state index is 10.4. The zero-order valence-electron chi connectivity index (χ0n) is 10.5. The van der Waals surface area contributed by atoms with E-state index in [0.29, 0.717) is 0 Å². The van der Waals surface area contributed by atoms with Crippen molar-refractivity contribution in [1.29, 1.82) is 0 Å². The van der Waals surface area contributed by atoms with Crippen LogP contribution in [0.1, 0.15) is 36.3 Å². The summed E-state index contributed by atoms with van der Waals surface area (Å²) in [6.07, 6.45) is 1.90. The van der Waals surface area contributed by atoms with E-state index in [9.17, 15) is 5.11 Å². The summed E-state index contributed by atoms with van der Waals surface area (Å²) in [5.74, 6) is 0. The Labute approximate surface area is 115 Å². The molecule has 18 heavy (non-hydrogen) atoms. The van der Waals surface area contributed by atoms with Crippen LogP contribution in [0.15, 0.2) is 28.9 Å². The maximum Gasteiger partial charge on any atom is 0.122 e. The van der Waals surface area contributed by atoms with Crippen LogP contribution in [0.25, 0.3) is 0 Å². The molecule has 0 saturated carbocycles. The Morgan fingerprint density at radius 2 is 2.22 bits per heavy atom. The summed E-state index contributed by atoms with van der Waals surface area (Å²) < 4.78 is 2.79. The van der Waals surface area contributed by atoms with Crippen LogP contribution in [0, 0.1) is 6.92 Å². The summed E-state index contributed by atoms with van der Waals surface area (Å²) in [6, 6.07) is 5.82. The largest absolute Gasteiger partial charge is 0.382 e. The maximum atomic E-state index is 10.4. The summed E-state index contributed by atoms with van der Waals surface area (Å²) in [5, 5.41) is 18.2. The number of hydrogen-bond donors (Lipinski definition) is 1. The summed E-state index contributed by atoms with van der Waals surface area (Å²) in [4.78, 5) is 0. The van der Waals surface area contributed by atoms with Crippen LogP contribution >= 0.6 is 15.9 Å². The zero-order chi connectivity index (χ0) is 13.1. The van der Waals surface area contributed by atoms with Gasteiger partial charge in [-0.1, -0.05) is 40.2 Å². The van der Waals surface area contributed by atoms with Crippen molar-refractivity contribution in [3.63, 3.8) is 0 Å². The van der Waals surface area contributed by atoms with Crippen molar-refractivity contribution in [1.82, 2.24) is 15.0 Å². The number of nitrogens with zero attached hydrogens (tertiary/aromatic N) is 3. The van der Waals surface area contributed by atoms with E-state index in [4.69, 9.17) is 0 Å². The van der Waals surface area contributed by atoms with Crippen molar-refractivity contribution in [2.75, 3.05) is 0 Å². The van der Waals surface area contributed by atoms with Crippen molar-refractivity contribution in [3.05, 3.63) is 45.7 Å². The van der Waals surface area contributed by atoms with Gasteiger partial charge in [-0.05, 0) is 30.5 Å². The number of hydrogen-bond acceptors (Lipinski definition) is 3. The number of halogens is 1. The van der Waals surface area contributed by atoms with E-state index < -0.39 is 6.10 Å². The predicted octanol–water partition coefficient (Wildman–Crippen LogP) is 2.84. The summed E-state index contributed by atoms with van der Waals surface area (Å²) in [5.41, 5.74) is 2.69. The van der Waals surface area contributed by atoms with Gasteiger partial charge in [0.05, 0.1) is 11.9 Å². The first-order chi connectivity index (χ1) is 8.63. The second-order valence-electron chi connectivity index (χ2n) is 4.29. The molecule has 0 spiro atoms. The van der Waals surface area contributed by atoms with Crippen molar-refractivity contribution >= 4 is 15.9 Å². The third-order valence-corrected chi connectivity index (χ3v) is 3.75. The number of aromatic nitrogens is 3. The highest BCUT2D eigenvalue weighted by molar-refractivity contribution is 9.10. The second kappa shape index (κ2) is 5.63. The Bertz CT molecular complexity index is 539. The highest BCUT2D eigenvalue weighted by Gasteiger charge is 2.16. The standard InChI is InChI=1S/C13H16BrN3O/c1-3-6-17-12(8-15-16-17)13(18)10-4-5-11(14)9(2)7-10/h4-5,7-8,13,18H,3,6H2,1-2H3. The normalized spacial score (nSPS) is 12.7. The van der Waals surface area contributed by atoms with E-state index in [1.807, 2.05) is 25.1 Å². The van der Waals surface area contributed by atoms with Crippen LogP contribution < -0.4 is 0 Å². The van der Waals surface area contributed by atoms with Crippen LogP contribution in [0.2, 0.25) is 0 Å². The number of aliphatic hydroxyl groups is 1. The van der Waals surface area contributed by atoms with Gasteiger partial charge < -0.3 is 5.11 Å². The molecular weight excluding hydrogens is 294 g/mol.